The van der Waals surface area contributed by atoms with Crippen LogP contribution >= 0.6 is 0 Å². The third kappa shape index (κ3) is 10.4. The summed E-state index contributed by atoms with van der Waals surface area (Å²) in [5, 5.41) is 11.7. The molecule has 1 aromatic carbocycles. The number of rotatable bonds is 16. The standard InChI is InChI=1S/C26H37N3O4/c1-5-6-15-31-24-18-21(2)26(22(3)19-24)33-17-12-10-8-7-9-11-16-32-25-14-13-23(28-29-25)20-27-30-4/h5-6,13-14,18-20H,7-12,15-17H2,1-4H3/b6-5+,27-20?. The molecule has 0 bridgehead atoms. The minimum Gasteiger partial charge on any atom is -0.493 e. The van der Waals surface area contributed by atoms with Crippen molar-refractivity contribution in [3.8, 4) is 17.4 Å². The predicted octanol–water partition coefficient (Wildman–Crippen LogP) is 5.83. The molecule has 0 unspecified atom stereocenters. The minimum atomic E-state index is 0.532. The van der Waals surface area contributed by atoms with Crippen LogP contribution in [0.5, 0.6) is 17.4 Å². The molecule has 0 aliphatic rings. The van der Waals surface area contributed by atoms with Crippen molar-refractivity contribution in [1.82, 2.24) is 10.2 Å². The summed E-state index contributed by atoms with van der Waals surface area (Å²) in [6.45, 7) is 8.12. The minimum absolute atomic E-state index is 0.532. The second kappa shape index (κ2) is 15.7. The lowest BCUT2D eigenvalue weighted by Crippen LogP contribution is -2.02. The average molecular weight is 456 g/mol. The molecule has 0 saturated carbocycles. The number of hydrogen-bond donors (Lipinski definition) is 0. The Kier molecular flexibility index (Phi) is 12.4. The van der Waals surface area contributed by atoms with Gasteiger partial charge in [0.25, 0.3) is 0 Å². The van der Waals surface area contributed by atoms with Crippen molar-refractivity contribution >= 4 is 6.21 Å². The summed E-state index contributed by atoms with van der Waals surface area (Å²) in [5.74, 6) is 2.40. The van der Waals surface area contributed by atoms with Crippen molar-refractivity contribution < 1.29 is 19.0 Å². The number of aryl methyl sites for hydroxylation is 2. The van der Waals surface area contributed by atoms with Crippen LogP contribution in [0.1, 0.15) is 62.3 Å². The molecule has 7 nitrogen and oxygen atoms in total. The SMILES string of the molecule is C/C=C/COc1cc(C)c(OCCCCCCCCOc2ccc(C=NOC)nn2)c(C)c1. The lowest BCUT2D eigenvalue weighted by Gasteiger charge is -2.14. The first-order chi connectivity index (χ1) is 16.1. The summed E-state index contributed by atoms with van der Waals surface area (Å²) in [4.78, 5) is 4.61. The van der Waals surface area contributed by atoms with Crippen LogP contribution in [0.25, 0.3) is 0 Å². The van der Waals surface area contributed by atoms with Gasteiger partial charge in [0.2, 0.25) is 5.88 Å². The van der Waals surface area contributed by atoms with Gasteiger partial charge in [-0.15, -0.1) is 10.2 Å². The smallest absolute Gasteiger partial charge is 0.233 e. The molecule has 33 heavy (non-hydrogen) atoms. The third-order valence-corrected chi connectivity index (χ3v) is 5.00. The van der Waals surface area contributed by atoms with Crippen LogP contribution in [-0.4, -0.2) is 43.3 Å². The first-order valence-electron chi connectivity index (χ1n) is 11.6. The fourth-order valence-corrected chi connectivity index (χ4v) is 3.31. The maximum atomic E-state index is 6.05. The highest BCUT2D eigenvalue weighted by Crippen LogP contribution is 2.28. The molecule has 0 aliphatic heterocycles. The molecule has 0 atom stereocenters. The number of unbranched alkanes of at least 4 members (excludes halogenated alkanes) is 5. The Hall–Kier alpha value is -3.09. The Labute approximate surface area is 197 Å². The lowest BCUT2D eigenvalue weighted by molar-refractivity contribution is 0.215. The van der Waals surface area contributed by atoms with Gasteiger partial charge in [-0.3, -0.25) is 0 Å². The number of oxime groups is 1. The van der Waals surface area contributed by atoms with Crippen LogP contribution in [0.4, 0.5) is 0 Å². The maximum Gasteiger partial charge on any atom is 0.233 e. The molecular weight excluding hydrogens is 418 g/mol. The molecule has 0 spiro atoms. The van der Waals surface area contributed by atoms with Crippen molar-refractivity contribution in [2.45, 2.75) is 59.3 Å². The first kappa shape index (κ1) is 26.2. The van der Waals surface area contributed by atoms with Gasteiger partial charge >= 0.3 is 0 Å². The molecule has 2 aromatic rings. The molecular formula is C26H37N3O4. The maximum absolute atomic E-state index is 6.05. The summed E-state index contributed by atoms with van der Waals surface area (Å²) < 4.78 is 17.4. The van der Waals surface area contributed by atoms with Gasteiger partial charge in [0.1, 0.15) is 30.9 Å². The van der Waals surface area contributed by atoms with Crippen molar-refractivity contribution in [2.24, 2.45) is 5.16 Å². The Morgan fingerprint density at radius 3 is 2.12 bits per heavy atom. The normalized spacial score (nSPS) is 11.3. The van der Waals surface area contributed by atoms with E-state index in [2.05, 4.69) is 34.0 Å². The summed E-state index contributed by atoms with van der Waals surface area (Å²) in [5.41, 5.74) is 2.87. The van der Waals surface area contributed by atoms with Crippen molar-refractivity contribution in [3.63, 3.8) is 0 Å². The molecule has 0 amide bonds. The molecule has 1 aromatic heterocycles. The summed E-state index contributed by atoms with van der Waals surface area (Å²) in [6.07, 6.45) is 12.2. The van der Waals surface area contributed by atoms with E-state index in [0.717, 1.165) is 48.5 Å². The fourth-order valence-electron chi connectivity index (χ4n) is 3.31. The predicted molar refractivity (Wildman–Crippen MR) is 132 cm³/mol. The number of allylic oxidation sites excluding steroid dienone is 1. The molecule has 180 valence electrons. The van der Waals surface area contributed by atoms with Crippen LogP contribution in [0.3, 0.4) is 0 Å². The highest BCUT2D eigenvalue weighted by Gasteiger charge is 2.07. The van der Waals surface area contributed by atoms with Crippen molar-refractivity contribution in [1.29, 1.82) is 0 Å². The molecule has 7 heteroatoms. The largest absolute Gasteiger partial charge is 0.493 e. The van der Waals surface area contributed by atoms with Gasteiger partial charge in [0, 0.05) is 6.07 Å². The van der Waals surface area contributed by atoms with Crippen LogP contribution < -0.4 is 14.2 Å². The van der Waals surface area contributed by atoms with E-state index in [1.165, 1.54) is 32.6 Å². The van der Waals surface area contributed by atoms with E-state index in [9.17, 15) is 0 Å². The quantitative estimate of drug-likeness (QED) is 0.137. The molecule has 0 N–H and O–H groups in total. The summed E-state index contributed by atoms with van der Waals surface area (Å²) in [6, 6.07) is 7.67. The van der Waals surface area contributed by atoms with E-state index in [1.807, 2.05) is 31.2 Å². The van der Waals surface area contributed by atoms with Crippen LogP contribution in [0.2, 0.25) is 0 Å². The van der Waals surface area contributed by atoms with Gasteiger partial charge in [0.15, 0.2) is 0 Å². The highest BCUT2D eigenvalue weighted by molar-refractivity contribution is 5.75. The Balaban J connectivity index is 1.53. The number of benzene rings is 1. The van der Waals surface area contributed by atoms with E-state index >= 15 is 0 Å². The van der Waals surface area contributed by atoms with Crippen LogP contribution in [0, 0.1) is 13.8 Å². The summed E-state index contributed by atoms with van der Waals surface area (Å²) >= 11 is 0. The molecule has 1 heterocycles. The third-order valence-electron chi connectivity index (χ3n) is 5.00. The Bertz CT molecular complexity index is 843. The summed E-state index contributed by atoms with van der Waals surface area (Å²) in [7, 11) is 1.49. The molecule has 0 radical (unpaired) electrons. The van der Waals surface area contributed by atoms with Crippen molar-refractivity contribution in [3.05, 3.63) is 53.2 Å². The monoisotopic (exact) mass is 455 g/mol. The van der Waals surface area contributed by atoms with Gasteiger partial charge in [-0.05, 0) is 62.9 Å². The van der Waals surface area contributed by atoms with Gasteiger partial charge in [-0.25, -0.2) is 0 Å². The average Bonchev–Trinajstić information content (AvgIpc) is 2.81. The topological polar surface area (TPSA) is 75.1 Å². The van der Waals surface area contributed by atoms with Gasteiger partial charge in [0.05, 0.1) is 19.4 Å². The fraction of sp³-hybridized carbons (Fsp3) is 0.500. The van der Waals surface area contributed by atoms with Crippen molar-refractivity contribution in [2.75, 3.05) is 26.9 Å². The molecule has 0 saturated heterocycles. The number of hydrogen-bond acceptors (Lipinski definition) is 7. The Morgan fingerprint density at radius 1 is 0.848 bits per heavy atom. The number of ether oxygens (including phenoxy) is 3. The van der Waals surface area contributed by atoms with E-state index in [4.69, 9.17) is 14.2 Å². The zero-order valence-electron chi connectivity index (χ0n) is 20.4. The Morgan fingerprint density at radius 2 is 1.52 bits per heavy atom. The zero-order valence-corrected chi connectivity index (χ0v) is 20.4. The second-order valence-corrected chi connectivity index (χ2v) is 7.80. The van der Waals surface area contributed by atoms with E-state index in [0.29, 0.717) is 24.8 Å². The molecule has 2 rings (SSSR count). The van der Waals surface area contributed by atoms with Gasteiger partial charge < -0.3 is 19.0 Å². The van der Waals surface area contributed by atoms with E-state index < -0.39 is 0 Å². The molecule has 0 aliphatic carbocycles. The van der Waals surface area contributed by atoms with E-state index in [-0.39, 0.29) is 0 Å². The van der Waals surface area contributed by atoms with E-state index in [1.54, 1.807) is 12.1 Å². The zero-order chi connectivity index (χ0) is 23.7. The molecule has 0 fully saturated rings. The lowest BCUT2D eigenvalue weighted by atomic mass is 10.1. The number of aromatic nitrogens is 2. The van der Waals surface area contributed by atoms with Gasteiger partial charge in [-0.1, -0.05) is 43.0 Å². The second-order valence-electron chi connectivity index (χ2n) is 7.80. The van der Waals surface area contributed by atoms with Crippen LogP contribution in [-0.2, 0) is 4.84 Å². The van der Waals surface area contributed by atoms with Crippen LogP contribution in [0.15, 0.2) is 41.6 Å². The van der Waals surface area contributed by atoms with Gasteiger partial charge in [-0.2, -0.15) is 0 Å². The number of nitrogens with zero attached hydrogens (tertiary/aromatic N) is 3. The highest BCUT2D eigenvalue weighted by atomic mass is 16.6. The first-order valence-corrected chi connectivity index (χ1v) is 11.6.